The number of amides is 1. The van der Waals surface area contributed by atoms with Gasteiger partial charge < -0.3 is 10.7 Å². The van der Waals surface area contributed by atoms with E-state index in [1.54, 1.807) is 42.5 Å². The van der Waals surface area contributed by atoms with Crippen molar-refractivity contribution >= 4 is 18.3 Å². The molecular weight excluding hydrogens is 353 g/mol. The van der Waals surface area contributed by atoms with E-state index in [1.807, 2.05) is 0 Å². The van der Waals surface area contributed by atoms with Gasteiger partial charge in [-0.15, -0.1) is 12.4 Å². The highest BCUT2D eigenvalue weighted by molar-refractivity contribution is 5.92. The zero-order valence-corrected chi connectivity index (χ0v) is 13.6. The summed E-state index contributed by atoms with van der Waals surface area (Å²) in [6.45, 7) is 0. The molecule has 3 rings (SSSR count). The molecule has 3 N–H and O–H groups in total. The number of primary amides is 1. The van der Waals surface area contributed by atoms with Gasteiger partial charge in [0, 0.05) is 5.69 Å². The van der Waals surface area contributed by atoms with Gasteiger partial charge in [-0.25, -0.2) is 0 Å². The van der Waals surface area contributed by atoms with Crippen molar-refractivity contribution < 1.29 is 18.0 Å². The second kappa shape index (κ2) is 7.03. The maximum Gasteiger partial charge on any atom is 0.416 e. The standard InChI is InChI=1S/C18H13F3N2O.ClH/c19-18(20,21)14-3-1-2-13(10-14)11-4-6-12(7-5-11)15-8-9-16(23-15)17(22)24;/h1-10,23H,(H2,22,24);1H. The molecule has 0 atom stereocenters. The number of aromatic amines is 1. The molecule has 3 aromatic rings. The first-order valence-corrected chi connectivity index (χ1v) is 7.11. The molecule has 0 bridgehead atoms. The van der Waals surface area contributed by atoms with E-state index in [2.05, 4.69) is 4.98 Å². The minimum atomic E-state index is -4.37. The van der Waals surface area contributed by atoms with E-state index < -0.39 is 17.6 Å². The summed E-state index contributed by atoms with van der Waals surface area (Å²) < 4.78 is 38.4. The number of aromatic nitrogens is 1. The summed E-state index contributed by atoms with van der Waals surface area (Å²) in [5, 5.41) is 0. The number of H-pyrrole nitrogens is 1. The Hall–Kier alpha value is -2.73. The van der Waals surface area contributed by atoms with Crippen molar-refractivity contribution in [3.63, 3.8) is 0 Å². The second-order valence-electron chi connectivity index (χ2n) is 5.31. The average Bonchev–Trinajstić information content (AvgIpc) is 3.05. The first-order valence-electron chi connectivity index (χ1n) is 7.11. The minimum Gasteiger partial charge on any atom is -0.364 e. The maximum atomic E-state index is 12.8. The molecule has 1 aromatic heterocycles. The molecule has 7 heteroatoms. The number of hydrogen-bond acceptors (Lipinski definition) is 1. The molecular formula is C18H14ClF3N2O. The maximum absolute atomic E-state index is 12.8. The van der Waals surface area contributed by atoms with Crippen molar-refractivity contribution in [2.45, 2.75) is 6.18 Å². The fraction of sp³-hybridized carbons (Fsp3) is 0.0556. The quantitative estimate of drug-likeness (QED) is 0.681. The van der Waals surface area contributed by atoms with Crippen molar-refractivity contribution in [1.82, 2.24) is 4.98 Å². The predicted octanol–water partition coefficient (Wildman–Crippen LogP) is 4.89. The SMILES string of the molecule is Cl.NC(=O)c1ccc(-c2ccc(-c3cccc(C(F)(F)F)c3)cc2)[nH]1. The predicted molar refractivity (Wildman–Crippen MR) is 92.4 cm³/mol. The van der Waals surface area contributed by atoms with Crippen LogP contribution in [0.3, 0.4) is 0 Å². The van der Waals surface area contributed by atoms with Crippen molar-refractivity contribution in [2.75, 3.05) is 0 Å². The van der Waals surface area contributed by atoms with Gasteiger partial charge in [0.1, 0.15) is 5.69 Å². The lowest BCUT2D eigenvalue weighted by atomic mass is 10.0. The van der Waals surface area contributed by atoms with E-state index in [9.17, 15) is 18.0 Å². The molecule has 1 amide bonds. The smallest absolute Gasteiger partial charge is 0.364 e. The monoisotopic (exact) mass is 366 g/mol. The number of halogens is 4. The number of carbonyl (C=O) groups excluding carboxylic acids is 1. The lowest BCUT2D eigenvalue weighted by Gasteiger charge is -2.09. The molecule has 130 valence electrons. The molecule has 1 heterocycles. The van der Waals surface area contributed by atoms with E-state index in [0.717, 1.165) is 17.7 Å². The Balaban J connectivity index is 0.00000225. The van der Waals surface area contributed by atoms with Crippen LogP contribution in [0.15, 0.2) is 60.7 Å². The Morgan fingerprint density at radius 2 is 1.52 bits per heavy atom. The molecule has 25 heavy (non-hydrogen) atoms. The first kappa shape index (κ1) is 18.6. The number of benzene rings is 2. The summed E-state index contributed by atoms with van der Waals surface area (Å²) in [6.07, 6.45) is -4.37. The highest BCUT2D eigenvalue weighted by atomic mass is 35.5. The van der Waals surface area contributed by atoms with Crippen molar-refractivity contribution in [3.05, 3.63) is 71.9 Å². The summed E-state index contributed by atoms with van der Waals surface area (Å²) >= 11 is 0. The van der Waals surface area contributed by atoms with Crippen LogP contribution in [-0.4, -0.2) is 10.9 Å². The Morgan fingerprint density at radius 3 is 2.08 bits per heavy atom. The van der Waals surface area contributed by atoms with Crippen LogP contribution in [0.5, 0.6) is 0 Å². The average molecular weight is 367 g/mol. The van der Waals surface area contributed by atoms with Crippen LogP contribution >= 0.6 is 12.4 Å². The molecule has 0 aliphatic heterocycles. The Morgan fingerprint density at radius 1 is 0.880 bits per heavy atom. The molecule has 0 unspecified atom stereocenters. The number of hydrogen-bond donors (Lipinski definition) is 2. The number of nitrogens with one attached hydrogen (secondary N) is 1. The van der Waals surface area contributed by atoms with Gasteiger partial charge in [0.2, 0.25) is 0 Å². The molecule has 0 radical (unpaired) electrons. The van der Waals surface area contributed by atoms with E-state index in [0.29, 0.717) is 22.5 Å². The first-order chi connectivity index (χ1) is 11.3. The molecule has 0 aliphatic rings. The van der Waals surface area contributed by atoms with E-state index >= 15 is 0 Å². The Labute approximate surface area is 148 Å². The van der Waals surface area contributed by atoms with Gasteiger partial charge in [-0.05, 0) is 41.0 Å². The third-order valence-electron chi connectivity index (χ3n) is 3.67. The lowest BCUT2D eigenvalue weighted by molar-refractivity contribution is -0.137. The van der Waals surface area contributed by atoms with Gasteiger partial charge in [-0.3, -0.25) is 4.79 Å². The van der Waals surface area contributed by atoms with E-state index in [4.69, 9.17) is 5.73 Å². The number of carbonyl (C=O) groups is 1. The van der Waals surface area contributed by atoms with Gasteiger partial charge in [0.25, 0.3) is 5.91 Å². The molecule has 0 saturated heterocycles. The molecule has 0 spiro atoms. The van der Waals surface area contributed by atoms with Crippen molar-refractivity contribution in [1.29, 1.82) is 0 Å². The van der Waals surface area contributed by atoms with Crippen LogP contribution in [0, 0.1) is 0 Å². The van der Waals surface area contributed by atoms with Crippen LogP contribution in [0.4, 0.5) is 13.2 Å². The fourth-order valence-electron chi connectivity index (χ4n) is 2.42. The summed E-state index contributed by atoms with van der Waals surface area (Å²) in [4.78, 5) is 14.0. The zero-order valence-electron chi connectivity index (χ0n) is 12.8. The van der Waals surface area contributed by atoms with Gasteiger partial charge in [0.05, 0.1) is 5.56 Å². The third kappa shape index (κ3) is 4.03. The molecule has 0 saturated carbocycles. The highest BCUT2D eigenvalue weighted by Crippen LogP contribution is 2.32. The zero-order chi connectivity index (χ0) is 17.3. The van der Waals surface area contributed by atoms with Crippen LogP contribution in [-0.2, 0) is 6.18 Å². The number of alkyl halides is 3. The normalized spacial score (nSPS) is 11.0. The molecule has 0 fully saturated rings. The summed E-state index contributed by atoms with van der Waals surface area (Å²) in [7, 11) is 0. The Bertz CT molecular complexity index is 886. The Kier molecular flexibility index (Phi) is 5.23. The summed E-state index contributed by atoms with van der Waals surface area (Å²) in [5.74, 6) is -0.554. The van der Waals surface area contributed by atoms with Gasteiger partial charge in [-0.2, -0.15) is 13.2 Å². The topological polar surface area (TPSA) is 58.9 Å². The van der Waals surface area contributed by atoms with Crippen molar-refractivity contribution in [3.8, 4) is 22.4 Å². The summed E-state index contributed by atoms with van der Waals surface area (Å²) in [6, 6.07) is 15.5. The number of nitrogens with two attached hydrogens (primary N) is 1. The van der Waals surface area contributed by atoms with Gasteiger partial charge in [-0.1, -0.05) is 36.4 Å². The fourth-order valence-corrected chi connectivity index (χ4v) is 2.42. The van der Waals surface area contributed by atoms with Crippen LogP contribution in [0.2, 0.25) is 0 Å². The second-order valence-corrected chi connectivity index (χ2v) is 5.31. The van der Waals surface area contributed by atoms with E-state index in [1.165, 1.54) is 6.07 Å². The largest absolute Gasteiger partial charge is 0.416 e. The lowest BCUT2D eigenvalue weighted by Crippen LogP contribution is -2.10. The molecule has 0 aliphatic carbocycles. The van der Waals surface area contributed by atoms with Crippen LogP contribution in [0.1, 0.15) is 16.1 Å². The minimum absolute atomic E-state index is 0. The number of rotatable bonds is 3. The van der Waals surface area contributed by atoms with Gasteiger partial charge >= 0.3 is 6.18 Å². The summed E-state index contributed by atoms with van der Waals surface area (Å²) in [5.41, 5.74) is 7.48. The van der Waals surface area contributed by atoms with Gasteiger partial charge in [0.15, 0.2) is 0 Å². The molecule has 2 aromatic carbocycles. The van der Waals surface area contributed by atoms with Crippen LogP contribution < -0.4 is 5.73 Å². The van der Waals surface area contributed by atoms with Crippen molar-refractivity contribution in [2.24, 2.45) is 5.73 Å². The highest BCUT2D eigenvalue weighted by Gasteiger charge is 2.30. The third-order valence-corrected chi connectivity index (χ3v) is 3.67. The molecule has 3 nitrogen and oxygen atoms in total. The van der Waals surface area contributed by atoms with E-state index in [-0.39, 0.29) is 12.4 Å². The van der Waals surface area contributed by atoms with Crippen LogP contribution in [0.25, 0.3) is 22.4 Å².